The first-order chi connectivity index (χ1) is 8.20. The molecule has 5 heteroatoms. The SMILES string of the molecule is O=C1OCC(CCO)N1Cc1ccc(O)cc1. The van der Waals surface area contributed by atoms with Crippen LogP contribution in [0.1, 0.15) is 12.0 Å². The van der Waals surface area contributed by atoms with Crippen molar-refractivity contribution in [1.82, 2.24) is 4.90 Å². The Morgan fingerprint density at radius 3 is 2.71 bits per heavy atom. The average molecular weight is 237 g/mol. The molecular formula is C12H15NO4. The second kappa shape index (κ2) is 5.05. The molecule has 1 heterocycles. The van der Waals surface area contributed by atoms with Gasteiger partial charge >= 0.3 is 6.09 Å². The van der Waals surface area contributed by atoms with Crippen LogP contribution in [0.4, 0.5) is 4.79 Å². The standard InChI is InChI=1S/C12H15NO4/c14-6-5-10-8-17-12(16)13(10)7-9-1-3-11(15)4-2-9/h1-4,10,14-15H,5-8H2. The molecule has 0 spiro atoms. The summed E-state index contributed by atoms with van der Waals surface area (Å²) in [5, 5.41) is 18.1. The van der Waals surface area contributed by atoms with Gasteiger partial charge in [-0.2, -0.15) is 0 Å². The Morgan fingerprint density at radius 1 is 1.35 bits per heavy atom. The number of carbonyl (C=O) groups is 1. The van der Waals surface area contributed by atoms with Gasteiger partial charge < -0.3 is 14.9 Å². The van der Waals surface area contributed by atoms with Crippen LogP contribution in [0, 0.1) is 0 Å². The van der Waals surface area contributed by atoms with Crippen molar-refractivity contribution in [3.05, 3.63) is 29.8 Å². The lowest BCUT2D eigenvalue weighted by Crippen LogP contribution is -2.33. The molecule has 1 aromatic carbocycles. The van der Waals surface area contributed by atoms with Crippen LogP contribution in [0.25, 0.3) is 0 Å². The number of phenolic OH excluding ortho intramolecular Hbond substituents is 1. The van der Waals surface area contributed by atoms with Gasteiger partial charge in [-0.1, -0.05) is 12.1 Å². The largest absolute Gasteiger partial charge is 0.508 e. The Bertz CT molecular complexity index is 390. The molecule has 5 nitrogen and oxygen atoms in total. The van der Waals surface area contributed by atoms with E-state index in [-0.39, 0.29) is 24.5 Å². The van der Waals surface area contributed by atoms with E-state index in [4.69, 9.17) is 14.9 Å². The summed E-state index contributed by atoms with van der Waals surface area (Å²) >= 11 is 0. The van der Waals surface area contributed by atoms with E-state index >= 15 is 0 Å². The summed E-state index contributed by atoms with van der Waals surface area (Å²) in [7, 11) is 0. The van der Waals surface area contributed by atoms with Gasteiger partial charge in [-0.05, 0) is 24.1 Å². The lowest BCUT2D eigenvalue weighted by Gasteiger charge is -2.20. The molecule has 92 valence electrons. The summed E-state index contributed by atoms with van der Waals surface area (Å²) in [5.74, 6) is 0.199. The first kappa shape index (κ1) is 11.7. The van der Waals surface area contributed by atoms with Crippen molar-refractivity contribution < 1.29 is 19.7 Å². The van der Waals surface area contributed by atoms with Gasteiger partial charge in [0.2, 0.25) is 0 Å². The number of aromatic hydroxyl groups is 1. The van der Waals surface area contributed by atoms with Gasteiger partial charge in [-0.25, -0.2) is 4.79 Å². The van der Waals surface area contributed by atoms with Gasteiger partial charge in [0.15, 0.2) is 0 Å². The summed E-state index contributed by atoms with van der Waals surface area (Å²) in [6.07, 6.45) is 0.167. The number of aliphatic hydroxyl groups is 1. The number of hydrogen-bond acceptors (Lipinski definition) is 4. The third-order valence-corrected chi connectivity index (χ3v) is 2.83. The maximum Gasteiger partial charge on any atom is 0.410 e. The molecular weight excluding hydrogens is 222 g/mol. The van der Waals surface area contributed by atoms with Crippen LogP contribution < -0.4 is 0 Å². The van der Waals surface area contributed by atoms with Crippen LogP contribution in [-0.2, 0) is 11.3 Å². The summed E-state index contributed by atoms with van der Waals surface area (Å²) in [4.78, 5) is 13.1. The Morgan fingerprint density at radius 2 is 2.06 bits per heavy atom. The zero-order chi connectivity index (χ0) is 12.3. The van der Waals surface area contributed by atoms with Crippen LogP contribution >= 0.6 is 0 Å². The number of rotatable bonds is 4. The van der Waals surface area contributed by atoms with E-state index in [0.29, 0.717) is 19.6 Å². The molecule has 1 atom stereocenters. The number of hydrogen-bond donors (Lipinski definition) is 2. The van der Waals surface area contributed by atoms with Gasteiger partial charge in [-0.3, -0.25) is 4.90 Å². The highest BCUT2D eigenvalue weighted by molar-refractivity contribution is 5.70. The third kappa shape index (κ3) is 2.68. The second-order valence-corrected chi connectivity index (χ2v) is 4.04. The molecule has 1 saturated heterocycles. The summed E-state index contributed by atoms with van der Waals surface area (Å²) in [6, 6.07) is 6.62. The summed E-state index contributed by atoms with van der Waals surface area (Å²) < 4.78 is 4.95. The first-order valence-electron chi connectivity index (χ1n) is 5.53. The lowest BCUT2D eigenvalue weighted by molar-refractivity contribution is 0.155. The second-order valence-electron chi connectivity index (χ2n) is 4.04. The minimum Gasteiger partial charge on any atom is -0.508 e. The quantitative estimate of drug-likeness (QED) is 0.822. The van der Waals surface area contributed by atoms with Gasteiger partial charge in [-0.15, -0.1) is 0 Å². The molecule has 17 heavy (non-hydrogen) atoms. The molecule has 1 fully saturated rings. The van der Waals surface area contributed by atoms with Crippen molar-refractivity contribution >= 4 is 6.09 Å². The van der Waals surface area contributed by atoms with Gasteiger partial charge in [0.05, 0.1) is 6.04 Å². The number of amides is 1. The Balaban J connectivity index is 2.05. The summed E-state index contributed by atoms with van der Waals surface area (Å²) in [5.41, 5.74) is 0.921. The third-order valence-electron chi connectivity index (χ3n) is 2.83. The van der Waals surface area contributed by atoms with Crippen molar-refractivity contribution in [2.45, 2.75) is 19.0 Å². The van der Waals surface area contributed by atoms with Crippen LogP contribution in [-0.4, -0.2) is 40.5 Å². The van der Waals surface area contributed by atoms with E-state index in [1.165, 1.54) is 0 Å². The molecule has 0 saturated carbocycles. The average Bonchev–Trinajstić information content (AvgIpc) is 2.65. The minimum absolute atomic E-state index is 0.0351. The first-order valence-corrected chi connectivity index (χ1v) is 5.53. The highest BCUT2D eigenvalue weighted by Gasteiger charge is 2.32. The van der Waals surface area contributed by atoms with E-state index in [0.717, 1.165) is 5.56 Å². The molecule has 0 radical (unpaired) electrons. The van der Waals surface area contributed by atoms with E-state index in [1.54, 1.807) is 29.2 Å². The zero-order valence-corrected chi connectivity index (χ0v) is 9.37. The van der Waals surface area contributed by atoms with Crippen LogP contribution in [0.15, 0.2) is 24.3 Å². The van der Waals surface area contributed by atoms with Crippen molar-refractivity contribution in [1.29, 1.82) is 0 Å². The number of ether oxygens (including phenoxy) is 1. The highest BCUT2D eigenvalue weighted by atomic mass is 16.6. The van der Waals surface area contributed by atoms with E-state index in [2.05, 4.69) is 0 Å². The molecule has 2 N–H and O–H groups in total. The Kier molecular flexibility index (Phi) is 3.49. The van der Waals surface area contributed by atoms with Crippen LogP contribution in [0.5, 0.6) is 5.75 Å². The Hall–Kier alpha value is -1.75. The number of phenols is 1. The lowest BCUT2D eigenvalue weighted by atomic mass is 10.1. The monoisotopic (exact) mass is 237 g/mol. The van der Waals surface area contributed by atoms with Gasteiger partial charge in [0.1, 0.15) is 12.4 Å². The molecule has 0 bridgehead atoms. The maximum atomic E-state index is 11.5. The predicted octanol–water partition coefficient (Wildman–Crippen LogP) is 1.10. The normalized spacial score (nSPS) is 19.5. The number of nitrogens with zero attached hydrogens (tertiary/aromatic N) is 1. The summed E-state index contributed by atoms with van der Waals surface area (Å²) in [6.45, 7) is 0.800. The van der Waals surface area contributed by atoms with Crippen LogP contribution in [0.3, 0.4) is 0 Å². The molecule has 1 aliphatic heterocycles. The van der Waals surface area contributed by atoms with Gasteiger partial charge in [0.25, 0.3) is 0 Å². The van der Waals surface area contributed by atoms with Gasteiger partial charge in [0, 0.05) is 13.2 Å². The van der Waals surface area contributed by atoms with Crippen LogP contribution in [0.2, 0.25) is 0 Å². The van der Waals surface area contributed by atoms with E-state index in [9.17, 15) is 4.79 Å². The minimum atomic E-state index is -0.350. The fraction of sp³-hybridized carbons (Fsp3) is 0.417. The van der Waals surface area contributed by atoms with Crippen molar-refractivity contribution in [2.75, 3.05) is 13.2 Å². The number of benzene rings is 1. The van der Waals surface area contributed by atoms with E-state index < -0.39 is 0 Å². The van der Waals surface area contributed by atoms with Crippen molar-refractivity contribution in [3.63, 3.8) is 0 Å². The zero-order valence-electron chi connectivity index (χ0n) is 9.37. The van der Waals surface area contributed by atoms with E-state index in [1.807, 2.05) is 0 Å². The number of carbonyl (C=O) groups excluding carboxylic acids is 1. The fourth-order valence-electron chi connectivity index (χ4n) is 1.87. The Labute approximate surface area is 99.2 Å². The number of cyclic esters (lactones) is 1. The molecule has 1 aliphatic rings. The highest BCUT2D eigenvalue weighted by Crippen LogP contribution is 2.19. The topological polar surface area (TPSA) is 70.0 Å². The number of aliphatic hydroxyl groups excluding tert-OH is 1. The fourth-order valence-corrected chi connectivity index (χ4v) is 1.87. The smallest absolute Gasteiger partial charge is 0.410 e. The predicted molar refractivity (Wildman–Crippen MR) is 60.5 cm³/mol. The van der Waals surface area contributed by atoms with Crippen molar-refractivity contribution in [2.24, 2.45) is 0 Å². The molecule has 0 aromatic heterocycles. The molecule has 1 amide bonds. The molecule has 2 rings (SSSR count). The maximum absolute atomic E-state index is 11.5. The van der Waals surface area contributed by atoms with Crippen molar-refractivity contribution in [3.8, 4) is 5.75 Å². The molecule has 1 unspecified atom stereocenters. The molecule has 0 aliphatic carbocycles. The molecule has 1 aromatic rings.